The van der Waals surface area contributed by atoms with E-state index in [1.54, 1.807) is 13.0 Å². The van der Waals surface area contributed by atoms with Gasteiger partial charge in [0.2, 0.25) is 5.91 Å². The maximum atomic E-state index is 13.6. The first-order valence-corrected chi connectivity index (χ1v) is 10.7. The van der Waals surface area contributed by atoms with E-state index in [1.165, 1.54) is 31.0 Å². The van der Waals surface area contributed by atoms with Crippen LogP contribution in [0.3, 0.4) is 0 Å². The number of piperidine rings is 1. The molecule has 1 N–H and O–H groups in total. The van der Waals surface area contributed by atoms with E-state index < -0.39 is 47.2 Å². The molecule has 0 bridgehead atoms. The van der Waals surface area contributed by atoms with E-state index in [1.807, 2.05) is 0 Å². The Morgan fingerprint density at radius 1 is 1.03 bits per heavy atom. The van der Waals surface area contributed by atoms with Crippen LogP contribution in [0.4, 0.5) is 30.7 Å². The summed E-state index contributed by atoms with van der Waals surface area (Å²) in [5.74, 6) is -1.69. The van der Waals surface area contributed by atoms with Crippen molar-refractivity contribution < 1.29 is 35.5 Å². The van der Waals surface area contributed by atoms with Gasteiger partial charge in [-0.25, -0.2) is 4.39 Å². The molecule has 3 atom stereocenters. The topological polar surface area (TPSA) is 32.3 Å². The zero-order valence-electron chi connectivity index (χ0n) is 18.8. The van der Waals surface area contributed by atoms with Gasteiger partial charge in [-0.05, 0) is 73.8 Å². The predicted octanol–water partition coefficient (Wildman–Crippen LogP) is 6.08. The monoisotopic (exact) mass is 490 g/mol. The molecule has 0 aliphatic carbocycles. The van der Waals surface area contributed by atoms with Gasteiger partial charge in [-0.1, -0.05) is 6.07 Å². The number of carbonyl (C=O) groups excluding carboxylic acids is 1. The second kappa shape index (κ2) is 9.56. The normalized spacial score (nSPS) is 20.2. The Morgan fingerprint density at radius 2 is 1.62 bits per heavy atom. The summed E-state index contributed by atoms with van der Waals surface area (Å²) in [6.07, 6.45) is -9.52. The van der Waals surface area contributed by atoms with Crippen molar-refractivity contribution in [2.75, 3.05) is 20.1 Å². The van der Waals surface area contributed by atoms with Gasteiger partial charge in [0.15, 0.2) is 0 Å². The summed E-state index contributed by atoms with van der Waals surface area (Å²) in [5.41, 5.74) is -1.68. The number of aryl methyl sites for hydroxylation is 1. The molecule has 0 spiro atoms. The van der Waals surface area contributed by atoms with Gasteiger partial charge in [0.25, 0.3) is 0 Å². The maximum Gasteiger partial charge on any atom is 0.416 e. The van der Waals surface area contributed by atoms with Crippen molar-refractivity contribution in [2.45, 2.75) is 44.6 Å². The summed E-state index contributed by atoms with van der Waals surface area (Å²) in [6.45, 7) is 4.08. The second-order valence-corrected chi connectivity index (χ2v) is 8.67. The van der Waals surface area contributed by atoms with Gasteiger partial charge in [0.05, 0.1) is 17.2 Å². The Hall–Kier alpha value is -2.62. The molecule has 0 radical (unpaired) electrons. The molecule has 186 valence electrons. The van der Waals surface area contributed by atoms with Gasteiger partial charge in [0, 0.05) is 25.4 Å². The summed E-state index contributed by atoms with van der Waals surface area (Å²) in [7, 11) is 1.37. The summed E-state index contributed by atoms with van der Waals surface area (Å²) in [5, 5.41) is 3.19. The third-order valence-electron chi connectivity index (χ3n) is 6.45. The lowest BCUT2D eigenvalue weighted by molar-refractivity contribution is -0.143. The van der Waals surface area contributed by atoms with Crippen LogP contribution >= 0.6 is 0 Å². The minimum Gasteiger partial charge on any atom is -0.339 e. The molecule has 1 aliphatic heterocycles. The van der Waals surface area contributed by atoms with Crippen LogP contribution < -0.4 is 5.32 Å². The van der Waals surface area contributed by atoms with Crippen molar-refractivity contribution in [1.29, 1.82) is 0 Å². The number of halogens is 7. The lowest BCUT2D eigenvalue weighted by atomic mass is 9.79. The van der Waals surface area contributed by atoms with E-state index in [0.29, 0.717) is 37.2 Å². The van der Waals surface area contributed by atoms with Crippen LogP contribution in [0.25, 0.3) is 0 Å². The molecule has 34 heavy (non-hydrogen) atoms. The van der Waals surface area contributed by atoms with E-state index in [0.717, 1.165) is 5.56 Å². The number of carbonyl (C=O) groups is 1. The Balaban J connectivity index is 1.94. The van der Waals surface area contributed by atoms with Gasteiger partial charge >= 0.3 is 12.4 Å². The molecule has 1 fully saturated rings. The number of rotatable bonds is 4. The highest BCUT2D eigenvalue weighted by molar-refractivity contribution is 5.80. The van der Waals surface area contributed by atoms with Gasteiger partial charge in [-0.2, -0.15) is 26.3 Å². The number of alkyl halides is 6. The number of benzene rings is 2. The van der Waals surface area contributed by atoms with Gasteiger partial charge in [0.1, 0.15) is 5.82 Å². The molecule has 2 aromatic rings. The Morgan fingerprint density at radius 3 is 2.15 bits per heavy atom. The molecule has 3 rings (SSSR count). The first-order valence-electron chi connectivity index (χ1n) is 10.7. The largest absolute Gasteiger partial charge is 0.416 e. The van der Waals surface area contributed by atoms with E-state index in [2.05, 4.69) is 5.32 Å². The van der Waals surface area contributed by atoms with E-state index >= 15 is 0 Å². The minimum atomic E-state index is -4.97. The van der Waals surface area contributed by atoms with Crippen LogP contribution in [0.2, 0.25) is 0 Å². The zero-order chi connectivity index (χ0) is 25.4. The van der Waals surface area contributed by atoms with Crippen molar-refractivity contribution in [3.05, 3.63) is 70.0 Å². The van der Waals surface area contributed by atoms with E-state index in [4.69, 9.17) is 0 Å². The van der Waals surface area contributed by atoms with Crippen LogP contribution in [-0.2, 0) is 17.1 Å². The second-order valence-electron chi connectivity index (χ2n) is 8.67. The molecule has 3 nitrogen and oxygen atoms in total. The molecule has 1 aliphatic rings. The Bertz CT molecular complexity index is 1020. The molecule has 1 heterocycles. The average molecular weight is 490 g/mol. The van der Waals surface area contributed by atoms with Crippen molar-refractivity contribution in [2.24, 2.45) is 5.92 Å². The van der Waals surface area contributed by atoms with Crippen molar-refractivity contribution in [3.8, 4) is 0 Å². The predicted molar refractivity (Wildman–Crippen MR) is 112 cm³/mol. The molecule has 1 saturated heterocycles. The smallest absolute Gasteiger partial charge is 0.339 e. The van der Waals surface area contributed by atoms with E-state index in [9.17, 15) is 35.5 Å². The molecule has 0 unspecified atom stereocenters. The fraction of sp³-hybridized carbons (Fsp3) is 0.458. The highest BCUT2D eigenvalue weighted by Crippen LogP contribution is 2.39. The van der Waals surface area contributed by atoms with Gasteiger partial charge < -0.3 is 10.2 Å². The lowest BCUT2D eigenvalue weighted by Gasteiger charge is -2.37. The Labute approximate surface area is 192 Å². The van der Waals surface area contributed by atoms with Crippen LogP contribution in [0.5, 0.6) is 0 Å². The molecular weight excluding hydrogens is 465 g/mol. The summed E-state index contributed by atoms with van der Waals surface area (Å²) in [6, 6.07) is 4.58. The number of hydrogen-bond acceptors (Lipinski definition) is 2. The molecule has 0 saturated carbocycles. The number of nitrogens with one attached hydrogen (secondary N) is 1. The number of amides is 1. The third kappa shape index (κ3) is 5.54. The Kier molecular flexibility index (Phi) is 7.31. The third-order valence-corrected chi connectivity index (χ3v) is 6.45. The zero-order valence-corrected chi connectivity index (χ0v) is 18.8. The highest BCUT2D eigenvalue weighted by Gasteiger charge is 2.39. The molecule has 0 aromatic heterocycles. The maximum absolute atomic E-state index is 13.6. The average Bonchev–Trinajstić information content (AvgIpc) is 2.76. The number of hydrogen-bond donors (Lipinski definition) is 1. The van der Waals surface area contributed by atoms with Crippen LogP contribution in [0.15, 0.2) is 36.4 Å². The van der Waals surface area contributed by atoms with Crippen LogP contribution in [0, 0.1) is 18.7 Å². The lowest BCUT2D eigenvalue weighted by Crippen LogP contribution is -2.44. The van der Waals surface area contributed by atoms with Crippen LogP contribution in [0.1, 0.15) is 53.1 Å². The molecule has 2 aromatic carbocycles. The van der Waals surface area contributed by atoms with Crippen molar-refractivity contribution >= 4 is 5.91 Å². The van der Waals surface area contributed by atoms with Gasteiger partial charge in [-0.15, -0.1) is 0 Å². The molecule has 10 heteroatoms. The highest BCUT2D eigenvalue weighted by atomic mass is 19.4. The SMILES string of the molecule is Cc1cc(F)ccc1[C@H]1CNCC[C@@H]1C(=O)N(C)[C@@H](C)c1cc(C(F)(F)F)cc(C(F)(F)F)c1. The number of nitrogens with zero attached hydrogens (tertiary/aromatic N) is 1. The summed E-state index contributed by atoms with van der Waals surface area (Å²) >= 11 is 0. The summed E-state index contributed by atoms with van der Waals surface area (Å²) in [4.78, 5) is 14.6. The first kappa shape index (κ1) is 26.0. The standard InChI is InChI=1S/C24H25F7N2O/c1-13-8-18(25)4-5-19(13)21-12-32-7-6-20(21)22(34)33(3)14(2)15-9-16(23(26,27)28)11-17(10-15)24(29,30)31/h4-5,8-11,14,20-21,32H,6-7,12H2,1-3H3/t14-,20-,21+/m0/s1. The minimum absolute atomic E-state index is 0.0676. The van der Waals surface area contributed by atoms with Crippen molar-refractivity contribution in [3.63, 3.8) is 0 Å². The summed E-state index contributed by atoms with van der Waals surface area (Å²) < 4.78 is 93.2. The van der Waals surface area contributed by atoms with Crippen molar-refractivity contribution in [1.82, 2.24) is 10.2 Å². The van der Waals surface area contributed by atoms with Crippen LogP contribution in [-0.4, -0.2) is 30.9 Å². The molecule has 1 amide bonds. The fourth-order valence-electron chi connectivity index (χ4n) is 4.43. The fourth-order valence-corrected chi connectivity index (χ4v) is 4.43. The first-order chi connectivity index (χ1) is 15.7. The van der Waals surface area contributed by atoms with Gasteiger partial charge in [-0.3, -0.25) is 4.79 Å². The molecular formula is C24H25F7N2O. The quantitative estimate of drug-likeness (QED) is 0.527. The van der Waals surface area contributed by atoms with E-state index in [-0.39, 0.29) is 17.5 Å².